The van der Waals surface area contributed by atoms with Crippen LogP contribution >= 0.6 is 11.6 Å². The molecule has 4 heteroatoms. The van der Waals surface area contributed by atoms with Crippen LogP contribution in [0.1, 0.15) is 25.7 Å². The molecule has 1 aliphatic carbocycles. The molecule has 0 atom stereocenters. The van der Waals surface area contributed by atoms with Gasteiger partial charge in [-0.25, -0.2) is 4.98 Å². The number of hydrogen-bond donors (Lipinski definition) is 2. The van der Waals surface area contributed by atoms with E-state index in [1.807, 2.05) is 19.2 Å². The second kappa shape index (κ2) is 5.51. The largest absolute Gasteiger partial charge is 0.366 e. The van der Waals surface area contributed by atoms with E-state index in [4.69, 9.17) is 11.6 Å². The number of aromatic nitrogens is 1. The molecule has 16 heavy (non-hydrogen) atoms. The van der Waals surface area contributed by atoms with Gasteiger partial charge in [0.1, 0.15) is 5.82 Å². The van der Waals surface area contributed by atoms with Gasteiger partial charge in [-0.05, 0) is 44.9 Å². The lowest BCUT2D eigenvalue weighted by Gasteiger charge is -2.29. The molecule has 2 N–H and O–H groups in total. The fourth-order valence-electron chi connectivity index (χ4n) is 2.21. The van der Waals surface area contributed by atoms with E-state index < -0.39 is 0 Å². The van der Waals surface area contributed by atoms with E-state index in [0.717, 1.165) is 5.82 Å². The zero-order valence-corrected chi connectivity index (χ0v) is 10.3. The van der Waals surface area contributed by atoms with Crippen LogP contribution in [0.25, 0.3) is 0 Å². The van der Waals surface area contributed by atoms with Crippen molar-refractivity contribution in [3.8, 4) is 0 Å². The zero-order chi connectivity index (χ0) is 11.4. The lowest BCUT2D eigenvalue weighted by molar-refractivity contribution is 0.371. The summed E-state index contributed by atoms with van der Waals surface area (Å²) in [6, 6.07) is 4.91. The molecule has 88 valence electrons. The van der Waals surface area contributed by atoms with Crippen LogP contribution in [-0.4, -0.2) is 24.1 Å². The first kappa shape index (κ1) is 11.7. The van der Waals surface area contributed by atoms with Crippen LogP contribution in [0.5, 0.6) is 0 Å². The second-order valence-electron chi connectivity index (χ2n) is 4.32. The van der Waals surface area contributed by atoms with Gasteiger partial charge in [-0.1, -0.05) is 11.6 Å². The molecule has 0 aliphatic heterocycles. The predicted molar refractivity (Wildman–Crippen MR) is 68.0 cm³/mol. The van der Waals surface area contributed by atoms with E-state index in [-0.39, 0.29) is 0 Å². The third kappa shape index (κ3) is 2.86. The number of pyridine rings is 1. The van der Waals surface area contributed by atoms with Crippen molar-refractivity contribution in [1.82, 2.24) is 10.3 Å². The molecular weight excluding hydrogens is 222 g/mol. The van der Waals surface area contributed by atoms with Crippen molar-refractivity contribution in [2.75, 3.05) is 12.4 Å². The molecule has 0 amide bonds. The third-order valence-electron chi connectivity index (χ3n) is 3.23. The van der Waals surface area contributed by atoms with Crippen molar-refractivity contribution in [1.29, 1.82) is 0 Å². The van der Waals surface area contributed by atoms with E-state index in [1.54, 1.807) is 6.20 Å². The average Bonchev–Trinajstić information content (AvgIpc) is 2.33. The van der Waals surface area contributed by atoms with Gasteiger partial charge in [0.15, 0.2) is 0 Å². The number of nitrogens with zero attached hydrogens (tertiary/aromatic N) is 1. The normalized spacial score (nSPS) is 25.4. The molecule has 1 heterocycles. The maximum atomic E-state index is 6.06. The van der Waals surface area contributed by atoms with Gasteiger partial charge in [-0.3, -0.25) is 0 Å². The van der Waals surface area contributed by atoms with Crippen LogP contribution in [0.2, 0.25) is 5.02 Å². The quantitative estimate of drug-likeness (QED) is 0.852. The topological polar surface area (TPSA) is 37.0 Å². The van der Waals surface area contributed by atoms with Gasteiger partial charge in [0, 0.05) is 18.3 Å². The molecule has 0 saturated heterocycles. The Kier molecular flexibility index (Phi) is 4.02. The van der Waals surface area contributed by atoms with Gasteiger partial charge in [0.2, 0.25) is 0 Å². The molecule has 1 aromatic rings. The van der Waals surface area contributed by atoms with E-state index in [1.165, 1.54) is 25.7 Å². The Bertz CT molecular complexity index is 335. The minimum atomic E-state index is 0.511. The van der Waals surface area contributed by atoms with Gasteiger partial charge in [-0.15, -0.1) is 0 Å². The van der Waals surface area contributed by atoms with E-state index >= 15 is 0 Å². The second-order valence-corrected chi connectivity index (χ2v) is 4.72. The van der Waals surface area contributed by atoms with Gasteiger partial charge in [-0.2, -0.15) is 0 Å². The Morgan fingerprint density at radius 3 is 2.56 bits per heavy atom. The summed E-state index contributed by atoms with van der Waals surface area (Å²) >= 11 is 6.06. The Balaban J connectivity index is 1.89. The maximum absolute atomic E-state index is 6.06. The standard InChI is InChI=1S/C12H18ClN3/c1-14-9-4-6-10(7-5-9)16-12-11(13)3-2-8-15-12/h2-3,8-10,14H,4-7H2,1H3,(H,15,16). The fraction of sp³-hybridized carbons (Fsp3) is 0.583. The molecule has 0 unspecified atom stereocenters. The number of hydrogen-bond acceptors (Lipinski definition) is 3. The predicted octanol–water partition coefficient (Wildman–Crippen LogP) is 2.68. The number of anilines is 1. The minimum absolute atomic E-state index is 0.511. The summed E-state index contributed by atoms with van der Waals surface area (Å²) in [5.74, 6) is 0.817. The molecule has 0 radical (unpaired) electrons. The summed E-state index contributed by atoms with van der Waals surface area (Å²) in [7, 11) is 2.04. The van der Waals surface area contributed by atoms with Crippen LogP contribution in [0.15, 0.2) is 18.3 Å². The van der Waals surface area contributed by atoms with Crippen molar-refractivity contribution >= 4 is 17.4 Å². The monoisotopic (exact) mass is 239 g/mol. The van der Waals surface area contributed by atoms with Gasteiger partial charge in [0.05, 0.1) is 5.02 Å². The lowest BCUT2D eigenvalue weighted by atomic mass is 9.91. The molecule has 1 aromatic heterocycles. The number of halogens is 1. The van der Waals surface area contributed by atoms with E-state index in [0.29, 0.717) is 17.1 Å². The van der Waals surface area contributed by atoms with Crippen molar-refractivity contribution in [2.24, 2.45) is 0 Å². The number of rotatable bonds is 3. The summed E-state index contributed by atoms with van der Waals surface area (Å²) in [5.41, 5.74) is 0. The Hall–Kier alpha value is -0.800. The smallest absolute Gasteiger partial charge is 0.144 e. The van der Waals surface area contributed by atoms with Gasteiger partial charge in [0.25, 0.3) is 0 Å². The summed E-state index contributed by atoms with van der Waals surface area (Å²) in [5, 5.41) is 7.46. The molecule has 2 rings (SSSR count). The van der Waals surface area contributed by atoms with Crippen molar-refractivity contribution in [3.05, 3.63) is 23.4 Å². The fourth-order valence-corrected chi connectivity index (χ4v) is 2.39. The molecule has 1 aliphatic rings. The number of nitrogens with one attached hydrogen (secondary N) is 2. The highest BCUT2D eigenvalue weighted by atomic mass is 35.5. The van der Waals surface area contributed by atoms with Crippen molar-refractivity contribution < 1.29 is 0 Å². The summed E-state index contributed by atoms with van der Waals surface area (Å²) in [4.78, 5) is 4.25. The van der Waals surface area contributed by atoms with Crippen LogP contribution < -0.4 is 10.6 Å². The van der Waals surface area contributed by atoms with Crippen LogP contribution in [-0.2, 0) is 0 Å². The highest BCUT2D eigenvalue weighted by molar-refractivity contribution is 6.32. The van der Waals surface area contributed by atoms with E-state index in [9.17, 15) is 0 Å². The minimum Gasteiger partial charge on any atom is -0.366 e. The summed E-state index contributed by atoms with van der Waals surface area (Å²) in [6.07, 6.45) is 6.57. The molecular formula is C12H18ClN3. The maximum Gasteiger partial charge on any atom is 0.144 e. The van der Waals surface area contributed by atoms with Gasteiger partial charge < -0.3 is 10.6 Å². The first-order valence-corrected chi connectivity index (χ1v) is 6.21. The zero-order valence-electron chi connectivity index (χ0n) is 9.54. The van der Waals surface area contributed by atoms with Gasteiger partial charge >= 0.3 is 0 Å². The van der Waals surface area contributed by atoms with Crippen LogP contribution in [0.4, 0.5) is 5.82 Å². The van der Waals surface area contributed by atoms with Crippen LogP contribution in [0, 0.1) is 0 Å². The summed E-state index contributed by atoms with van der Waals surface area (Å²) < 4.78 is 0. The lowest BCUT2D eigenvalue weighted by Crippen LogP contribution is -2.35. The SMILES string of the molecule is CNC1CCC(Nc2ncccc2Cl)CC1. The summed E-state index contributed by atoms with van der Waals surface area (Å²) in [6.45, 7) is 0. The Morgan fingerprint density at radius 1 is 1.25 bits per heavy atom. The average molecular weight is 240 g/mol. The first-order valence-electron chi connectivity index (χ1n) is 5.84. The first-order chi connectivity index (χ1) is 7.79. The molecule has 0 bridgehead atoms. The molecule has 3 nitrogen and oxygen atoms in total. The third-order valence-corrected chi connectivity index (χ3v) is 3.54. The molecule has 0 spiro atoms. The Labute approximate surface area is 102 Å². The highest BCUT2D eigenvalue weighted by Gasteiger charge is 2.20. The van der Waals surface area contributed by atoms with Crippen molar-refractivity contribution in [2.45, 2.75) is 37.8 Å². The molecule has 1 fully saturated rings. The highest BCUT2D eigenvalue weighted by Crippen LogP contribution is 2.24. The van der Waals surface area contributed by atoms with Crippen molar-refractivity contribution in [3.63, 3.8) is 0 Å². The Morgan fingerprint density at radius 2 is 1.94 bits per heavy atom. The van der Waals surface area contributed by atoms with Crippen LogP contribution in [0.3, 0.4) is 0 Å². The molecule has 1 saturated carbocycles. The van der Waals surface area contributed by atoms with E-state index in [2.05, 4.69) is 15.6 Å². The molecule has 0 aromatic carbocycles.